The number of hydrogen-bond acceptors (Lipinski definition) is 3. The minimum absolute atomic E-state index is 0.236. The Balaban J connectivity index is 1.77. The first-order valence-electron chi connectivity index (χ1n) is 9.76. The highest BCUT2D eigenvalue weighted by molar-refractivity contribution is 6.31. The van der Waals surface area contributed by atoms with Crippen LogP contribution in [0, 0.1) is 20.8 Å². The summed E-state index contributed by atoms with van der Waals surface area (Å²) in [4.78, 5) is 12.5. The molecule has 0 aliphatic heterocycles. The van der Waals surface area contributed by atoms with E-state index in [0.29, 0.717) is 10.8 Å². The molecular weight excluding hydrogens is 386 g/mol. The molecule has 3 aromatic rings. The molecule has 152 valence electrons. The van der Waals surface area contributed by atoms with Crippen molar-refractivity contribution >= 4 is 29.3 Å². The van der Waals surface area contributed by atoms with Gasteiger partial charge in [-0.05, 0) is 45.4 Å². The SMILES string of the molecule is CCCCn1nc(C)c(C=CC(=O)Nc2c(C)nn(-c3ccccc3)c2C)c1Cl. The molecule has 0 bridgehead atoms. The number of amides is 1. The monoisotopic (exact) mass is 411 g/mol. The molecule has 0 saturated heterocycles. The van der Waals surface area contributed by atoms with Gasteiger partial charge in [0.25, 0.3) is 0 Å². The lowest BCUT2D eigenvalue weighted by Gasteiger charge is -2.05. The molecule has 0 atom stereocenters. The molecule has 2 heterocycles. The van der Waals surface area contributed by atoms with Crippen LogP contribution < -0.4 is 5.32 Å². The summed E-state index contributed by atoms with van der Waals surface area (Å²) in [5.41, 5.74) is 4.87. The van der Waals surface area contributed by atoms with Crippen LogP contribution in [0.1, 0.15) is 42.4 Å². The number of aromatic nitrogens is 4. The van der Waals surface area contributed by atoms with Gasteiger partial charge in [0.2, 0.25) is 5.91 Å². The first kappa shape index (κ1) is 20.9. The van der Waals surface area contributed by atoms with Crippen LogP contribution in [-0.4, -0.2) is 25.5 Å². The van der Waals surface area contributed by atoms with Crippen molar-refractivity contribution in [3.05, 3.63) is 64.2 Å². The molecule has 2 aromatic heterocycles. The van der Waals surface area contributed by atoms with E-state index in [1.54, 1.807) is 10.8 Å². The molecule has 7 heteroatoms. The van der Waals surface area contributed by atoms with Crippen molar-refractivity contribution < 1.29 is 4.79 Å². The highest BCUT2D eigenvalue weighted by Crippen LogP contribution is 2.24. The molecule has 6 nitrogen and oxygen atoms in total. The van der Waals surface area contributed by atoms with Crippen LogP contribution in [0.25, 0.3) is 11.8 Å². The van der Waals surface area contributed by atoms with Gasteiger partial charge < -0.3 is 5.32 Å². The number of unbranched alkanes of at least 4 members (excludes halogenated alkanes) is 1. The van der Waals surface area contributed by atoms with E-state index in [0.717, 1.165) is 47.7 Å². The van der Waals surface area contributed by atoms with Crippen molar-refractivity contribution in [3.63, 3.8) is 0 Å². The van der Waals surface area contributed by atoms with Gasteiger partial charge in [-0.25, -0.2) is 4.68 Å². The number of para-hydroxylation sites is 1. The molecule has 0 spiro atoms. The lowest BCUT2D eigenvalue weighted by atomic mass is 10.2. The summed E-state index contributed by atoms with van der Waals surface area (Å²) < 4.78 is 3.61. The van der Waals surface area contributed by atoms with Gasteiger partial charge in [-0.1, -0.05) is 43.1 Å². The molecule has 0 aliphatic rings. The second kappa shape index (κ2) is 9.09. The van der Waals surface area contributed by atoms with Gasteiger partial charge in [-0.15, -0.1) is 0 Å². The number of aryl methyl sites for hydroxylation is 3. The summed E-state index contributed by atoms with van der Waals surface area (Å²) in [5.74, 6) is -0.236. The van der Waals surface area contributed by atoms with Crippen molar-refractivity contribution in [1.29, 1.82) is 0 Å². The van der Waals surface area contributed by atoms with E-state index in [2.05, 4.69) is 22.4 Å². The summed E-state index contributed by atoms with van der Waals surface area (Å²) in [6, 6.07) is 9.83. The van der Waals surface area contributed by atoms with Crippen molar-refractivity contribution in [2.75, 3.05) is 5.32 Å². The Morgan fingerprint density at radius 3 is 2.55 bits per heavy atom. The normalized spacial score (nSPS) is 11.3. The van der Waals surface area contributed by atoms with Gasteiger partial charge in [-0.3, -0.25) is 9.48 Å². The molecule has 1 N–H and O–H groups in total. The summed E-state index contributed by atoms with van der Waals surface area (Å²) >= 11 is 6.43. The molecule has 0 fully saturated rings. The largest absolute Gasteiger partial charge is 0.319 e. The lowest BCUT2D eigenvalue weighted by Crippen LogP contribution is -2.09. The molecule has 0 radical (unpaired) electrons. The number of rotatable bonds is 7. The van der Waals surface area contributed by atoms with Crippen LogP contribution in [0.3, 0.4) is 0 Å². The molecule has 29 heavy (non-hydrogen) atoms. The highest BCUT2D eigenvalue weighted by atomic mass is 35.5. The molecule has 1 aromatic carbocycles. The number of nitrogens with one attached hydrogen (secondary N) is 1. The number of carbonyl (C=O) groups is 1. The zero-order valence-electron chi connectivity index (χ0n) is 17.2. The van der Waals surface area contributed by atoms with Crippen LogP contribution in [0.4, 0.5) is 5.69 Å². The summed E-state index contributed by atoms with van der Waals surface area (Å²) in [7, 11) is 0. The molecule has 0 aliphatic carbocycles. The minimum atomic E-state index is -0.236. The Morgan fingerprint density at radius 1 is 1.14 bits per heavy atom. The van der Waals surface area contributed by atoms with Gasteiger partial charge in [0, 0.05) is 18.2 Å². The fraction of sp³-hybridized carbons (Fsp3) is 0.318. The first-order valence-corrected chi connectivity index (χ1v) is 10.1. The smallest absolute Gasteiger partial charge is 0.248 e. The highest BCUT2D eigenvalue weighted by Gasteiger charge is 2.15. The average Bonchev–Trinajstić information content (AvgIpc) is 3.15. The molecule has 0 unspecified atom stereocenters. The van der Waals surface area contributed by atoms with Crippen molar-refractivity contribution in [2.24, 2.45) is 0 Å². The first-order chi connectivity index (χ1) is 13.9. The van der Waals surface area contributed by atoms with Crippen molar-refractivity contribution in [3.8, 4) is 5.69 Å². The van der Waals surface area contributed by atoms with Crippen LogP contribution in [-0.2, 0) is 11.3 Å². The van der Waals surface area contributed by atoms with E-state index >= 15 is 0 Å². The second-order valence-corrected chi connectivity index (χ2v) is 7.34. The van der Waals surface area contributed by atoms with Crippen LogP contribution in [0.2, 0.25) is 5.15 Å². The van der Waals surface area contributed by atoms with E-state index < -0.39 is 0 Å². The van der Waals surface area contributed by atoms with E-state index in [1.165, 1.54) is 6.08 Å². The number of hydrogen-bond donors (Lipinski definition) is 1. The van der Waals surface area contributed by atoms with Crippen LogP contribution in [0.5, 0.6) is 0 Å². The topological polar surface area (TPSA) is 64.7 Å². The van der Waals surface area contributed by atoms with Gasteiger partial charge in [-0.2, -0.15) is 10.2 Å². The lowest BCUT2D eigenvalue weighted by molar-refractivity contribution is -0.111. The molecule has 0 saturated carbocycles. The average molecular weight is 412 g/mol. The van der Waals surface area contributed by atoms with Crippen molar-refractivity contribution in [2.45, 2.75) is 47.1 Å². The van der Waals surface area contributed by atoms with Crippen LogP contribution in [0.15, 0.2) is 36.4 Å². The Bertz CT molecular complexity index is 1030. The quantitative estimate of drug-likeness (QED) is 0.550. The Labute approximate surface area is 176 Å². The van der Waals surface area contributed by atoms with Gasteiger partial charge in [0.15, 0.2) is 0 Å². The van der Waals surface area contributed by atoms with Crippen LogP contribution >= 0.6 is 11.6 Å². The summed E-state index contributed by atoms with van der Waals surface area (Å²) in [6.07, 6.45) is 5.28. The zero-order valence-corrected chi connectivity index (χ0v) is 18.0. The maximum absolute atomic E-state index is 12.5. The Kier molecular flexibility index (Phi) is 6.54. The maximum Gasteiger partial charge on any atom is 0.248 e. The fourth-order valence-corrected chi connectivity index (χ4v) is 3.50. The molecule has 1 amide bonds. The van der Waals surface area contributed by atoms with E-state index in [9.17, 15) is 4.79 Å². The number of nitrogens with zero attached hydrogens (tertiary/aromatic N) is 4. The Morgan fingerprint density at radius 2 is 1.86 bits per heavy atom. The number of anilines is 1. The molecular formula is C22H26ClN5O. The van der Waals surface area contributed by atoms with E-state index in [1.807, 2.05) is 55.8 Å². The predicted octanol–water partition coefficient (Wildman–Crippen LogP) is 5.10. The van der Waals surface area contributed by atoms with Gasteiger partial charge in [0.05, 0.1) is 28.5 Å². The van der Waals surface area contributed by atoms with Crippen molar-refractivity contribution in [1.82, 2.24) is 19.6 Å². The predicted molar refractivity (Wildman–Crippen MR) is 118 cm³/mol. The number of benzene rings is 1. The fourth-order valence-electron chi connectivity index (χ4n) is 3.18. The number of halogens is 1. The Hall–Kier alpha value is -2.86. The van der Waals surface area contributed by atoms with Gasteiger partial charge >= 0.3 is 0 Å². The maximum atomic E-state index is 12.5. The zero-order chi connectivity index (χ0) is 21.0. The third kappa shape index (κ3) is 4.59. The van der Waals surface area contributed by atoms with E-state index in [4.69, 9.17) is 11.6 Å². The standard InChI is InChI=1S/C22H26ClN5O/c1-5-6-14-27-22(23)19(15(2)25-27)12-13-20(29)24-21-16(3)26-28(17(21)4)18-10-8-7-9-11-18/h7-13H,5-6,14H2,1-4H3,(H,24,29). The summed E-state index contributed by atoms with van der Waals surface area (Å²) in [6.45, 7) is 8.60. The third-order valence-electron chi connectivity index (χ3n) is 4.77. The third-order valence-corrected chi connectivity index (χ3v) is 5.17. The molecule has 3 rings (SSSR count). The summed E-state index contributed by atoms with van der Waals surface area (Å²) in [5, 5.41) is 12.5. The van der Waals surface area contributed by atoms with Gasteiger partial charge in [0.1, 0.15) is 5.15 Å². The minimum Gasteiger partial charge on any atom is -0.319 e. The number of carbonyl (C=O) groups excluding carboxylic acids is 1. The second-order valence-electron chi connectivity index (χ2n) is 6.98. The van der Waals surface area contributed by atoms with E-state index in [-0.39, 0.29) is 5.91 Å².